The van der Waals surface area contributed by atoms with Crippen LogP contribution >= 0.6 is 11.6 Å². The highest BCUT2D eigenvalue weighted by atomic mass is 35.5. The van der Waals surface area contributed by atoms with Gasteiger partial charge in [0.25, 0.3) is 5.56 Å². The Morgan fingerprint density at radius 1 is 1.07 bits per heavy atom. The molecular formula is C30H40ClN5O5. The SMILES string of the molecule is CC(C)(C)OC(=O)N1CCN(C(=O)N2CC[C@@](O)(Cn3cnc(Cl)cc3=O)C3(CCCC3)C2)[C@H](c2ccccc2)C1. The summed E-state index contributed by atoms with van der Waals surface area (Å²) in [5.41, 5.74) is -1.65. The fraction of sp³-hybridized carbons (Fsp3) is 0.600. The molecule has 41 heavy (non-hydrogen) atoms. The third-order valence-electron chi connectivity index (χ3n) is 8.85. The Bertz CT molecular complexity index is 1320. The predicted molar refractivity (Wildman–Crippen MR) is 155 cm³/mol. The number of piperidine rings is 1. The largest absolute Gasteiger partial charge is 0.444 e. The summed E-state index contributed by atoms with van der Waals surface area (Å²) in [7, 11) is 0. The van der Waals surface area contributed by atoms with E-state index in [9.17, 15) is 19.5 Å². The van der Waals surface area contributed by atoms with E-state index in [0.717, 1.165) is 31.2 Å². The zero-order valence-electron chi connectivity index (χ0n) is 24.1. The highest BCUT2D eigenvalue weighted by molar-refractivity contribution is 6.29. The van der Waals surface area contributed by atoms with Gasteiger partial charge in [0.05, 0.1) is 24.5 Å². The molecule has 2 aromatic rings. The maximum atomic E-state index is 14.2. The molecule has 2 saturated heterocycles. The number of rotatable bonds is 3. The number of nitrogens with zero attached hydrogens (tertiary/aromatic N) is 5. The first-order valence-corrected chi connectivity index (χ1v) is 14.8. The lowest BCUT2D eigenvalue weighted by Crippen LogP contribution is -2.64. The Labute approximate surface area is 245 Å². The number of hydrogen-bond donors (Lipinski definition) is 1. The van der Waals surface area contributed by atoms with Crippen molar-refractivity contribution in [2.75, 3.05) is 32.7 Å². The fourth-order valence-electron chi connectivity index (χ4n) is 6.71. The average molecular weight is 586 g/mol. The summed E-state index contributed by atoms with van der Waals surface area (Å²) in [5, 5.41) is 12.2. The molecule has 0 unspecified atom stereocenters. The van der Waals surface area contributed by atoms with Gasteiger partial charge in [-0.15, -0.1) is 0 Å². The minimum absolute atomic E-state index is 0.0960. The third kappa shape index (κ3) is 6.09. The molecule has 3 amide bonds. The number of piperazine rings is 1. The van der Waals surface area contributed by atoms with Crippen LogP contribution in [0.4, 0.5) is 9.59 Å². The number of ether oxygens (including phenoxy) is 1. The van der Waals surface area contributed by atoms with Crippen molar-refractivity contribution < 1.29 is 19.4 Å². The number of aromatic nitrogens is 2. The second kappa shape index (κ2) is 11.3. The minimum atomic E-state index is -1.16. The lowest BCUT2D eigenvalue weighted by molar-refractivity contribution is -0.137. The number of carbonyl (C=O) groups is 2. The van der Waals surface area contributed by atoms with Crippen LogP contribution in [0.15, 0.2) is 47.5 Å². The van der Waals surface area contributed by atoms with Crippen LogP contribution in [0.1, 0.15) is 64.5 Å². The first kappa shape index (κ1) is 29.4. The fourth-order valence-corrected chi connectivity index (χ4v) is 6.85. The Kier molecular flexibility index (Phi) is 8.09. The van der Waals surface area contributed by atoms with Gasteiger partial charge in [0.15, 0.2) is 0 Å². The number of aliphatic hydroxyl groups is 1. The van der Waals surface area contributed by atoms with E-state index in [0.29, 0.717) is 39.1 Å². The lowest BCUT2D eigenvalue weighted by atomic mass is 9.66. The van der Waals surface area contributed by atoms with Crippen LogP contribution in [0.25, 0.3) is 0 Å². The first-order valence-electron chi connectivity index (χ1n) is 14.4. The highest BCUT2D eigenvalue weighted by Gasteiger charge is 2.56. The summed E-state index contributed by atoms with van der Waals surface area (Å²) >= 11 is 5.89. The molecule has 2 aliphatic heterocycles. The zero-order valence-corrected chi connectivity index (χ0v) is 24.8. The van der Waals surface area contributed by atoms with Gasteiger partial charge in [-0.3, -0.25) is 9.36 Å². The molecule has 1 aliphatic carbocycles. The van der Waals surface area contributed by atoms with E-state index >= 15 is 0 Å². The van der Waals surface area contributed by atoms with Crippen LogP contribution in [-0.4, -0.2) is 85.4 Å². The van der Waals surface area contributed by atoms with Crippen LogP contribution in [-0.2, 0) is 11.3 Å². The maximum absolute atomic E-state index is 14.2. The van der Waals surface area contributed by atoms with Gasteiger partial charge in [-0.2, -0.15) is 0 Å². The molecule has 3 heterocycles. The van der Waals surface area contributed by atoms with Crippen molar-refractivity contribution in [3.63, 3.8) is 0 Å². The summed E-state index contributed by atoms with van der Waals surface area (Å²) in [4.78, 5) is 49.1. The molecule has 5 rings (SSSR count). The van der Waals surface area contributed by atoms with E-state index in [1.54, 1.807) is 4.90 Å². The van der Waals surface area contributed by atoms with Gasteiger partial charge < -0.3 is 24.5 Å². The lowest BCUT2D eigenvalue weighted by Gasteiger charge is -2.53. The molecule has 0 bridgehead atoms. The Morgan fingerprint density at radius 2 is 1.78 bits per heavy atom. The van der Waals surface area contributed by atoms with Crippen LogP contribution in [0.5, 0.6) is 0 Å². The van der Waals surface area contributed by atoms with Crippen LogP contribution in [0, 0.1) is 5.41 Å². The van der Waals surface area contributed by atoms with Gasteiger partial charge in [-0.05, 0) is 45.6 Å². The summed E-state index contributed by atoms with van der Waals surface area (Å²) < 4.78 is 7.05. The van der Waals surface area contributed by atoms with Crippen molar-refractivity contribution in [3.05, 3.63) is 63.8 Å². The third-order valence-corrected chi connectivity index (χ3v) is 9.05. The molecule has 11 heteroatoms. The van der Waals surface area contributed by atoms with E-state index in [1.807, 2.05) is 60.9 Å². The molecule has 1 aromatic heterocycles. The number of carbonyl (C=O) groups excluding carboxylic acids is 2. The molecule has 222 valence electrons. The Hall–Kier alpha value is -3.11. The molecular weight excluding hydrogens is 546 g/mol. The van der Waals surface area contributed by atoms with E-state index in [1.165, 1.54) is 17.0 Å². The predicted octanol–water partition coefficient (Wildman–Crippen LogP) is 4.31. The molecule has 3 aliphatic rings. The van der Waals surface area contributed by atoms with Crippen molar-refractivity contribution in [2.24, 2.45) is 5.41 Å². The second-order valence-electron chi connectivity index (χ2n) is 12.7. The maximum Gasteiger partial charge on any atom is 0.410 e. The summed E-state index contributed by atoms with van der Waals surface area (Å²) in [6.07, 6.45) is 4.82. The average Bonchev–Trinajstić information content (AvgIpc) is 3.41. The highest BCUT2D eigenvalue weighted by Crippen LogP contribution is 2.52. The first-order chi connectivity index (χ1) is 19.4. The van der Waals surface area contributed by atoms with Gasteiger partial charge in [0, 0.05) is 44.2 Å². The number of halogens is 1. The van der Waals surface area contributed by atoms with Crippen LogP contribution in [0.2, 0.25) is 5.15 Å². The molecule has 1 spiro atoms. The minimum Gasteiger partial charge on any atom is -0.444 e. The monoisotopic (exact) mass is 585 g/mol. The van der Waals surface area contributed by atoms with E-state index in [4.69, 9.17) is 16.3 Å². The Morgan fingerprint density at radius 3 is 2.44 bits per heavy atom. The number of hydrogen-bond acceptors (Lipinski definition) is 6. The van der Waals surface area contributed by atoms with Gasteiger partial charge >= 0.3 is 12.1 Å². The molecule has 0 radical (unpaired) electrons. The summed E-state index contributed by atoms with van der Waals surface area (Å²) in [6.45, 7) is 7.49. The van der Waals surface area contributed by atoms with Gasteiger partial charge in [-0.1, -0.05) is 54.8 Å². The smallest absolute Gasteiger partial charge is 0.410 e. The standard InChI is InChI=1S/C30H40ClN5O5/c1-28(2,3)41-27(39)33-15-16-36(23(18-33)22-9-5-4-6-10-22)26(38)34-14-13-30(40,29(19-34)11-7-8-12-29)20-35-21-32-24(31)17-25(35)37/h4-6,9-10,17,21,23,40H,7-8,11-16,18-20H2,1-3H3/t23-,30+/m0/s1. The zero-order chi connectivity index (χ0) is 29.4. The normalized spacial score (nSPS) is 24.5. The molecule has 1 aromatic carbocycles. The molecule has 10 nitrogen and oxygen atoms in total. The second-order valence-corrected chi connectivity index (χ2v) is 13.1. The van der Waals surface area contributed by atoms with E-state index < -0.39 is 16.6 Å². The topological polar surface area (TPSA) is 108 Å². The summed E-state index contributed by atoms with van der Waals surface area (Å²) in [5.74, 6) is 0. The summed E-state index contributed by atoms with van der Waals surface area (Å²) in [6, 6.07) is 10.6. The van der Waals surface area contributed by atoms with Crippen molar-refractivity contribution >= 4 is 23.7 Å². The van der Waals surface area contributed by atoms with E-state index in [2.05, 4.69) is 4.98 Å². The molecule has 2 atom stereocenters. The van der Waals surface area contributed by atoms with Crippen molar-refractivity contribution in [1.82, 2.24) is 24.3 Å². The number of likely N-dealkylation sites (tertiary alicyclic amines) is 1. The van der Waals surface area contributed by atoms with Gasteiger partial charge in [0.2, 0.25) is 0 Å². The van der Waals surface area contributed by atoms with Crippen molar-refractivity contribution in [3.8, 4) is 0 Å². The van der Waals surface area contributed by atoms with Crippen LogP contribution in [0.3, 0.4) is 0 Å². The van der Waals surface area contributed by atoms with Crippen molar-refractivity contribution in [1.29, 1.82) is 0 Å². The number of urea groups is 1. The quantitative estimate of drug-likeness (QED) is 0.538. The Balaban J connectivity index is 1.37. The van der Waals surface area contributed by atoms with E-state index in [-0.39, 0.29) is 35.4 Å². The number of benzene rings is 1. The number of amides is 3. The van der Waals surface area contributed by atoms with Crippen LogP contribution < -0.4 is 5.56 Å². The molecule has 3 fully saturated rings. The molecule has 1 N–H and O–H groups in total. The van der Waals surface area contributed by atoms with Gasteiger partial charge in [-0.25, -0.2) is 14.6 Å². The van der Waals surface area contributed by atoms with Gasteiger partial charge in [0.1, 0.15) is 10.8 Å². The molecule has 1 saturated carbocycles. The van der Waals surface area contributed by atoms with Crippen molar-refractivity contribution in [2.45, 2.75) is 76.7 Å².